The summed E-state index contributed by atoms with van der Waals surface area (Å²) in [6.07, 6.45) is 7.85. The highest BCUT2D eigenvalue weighted by Crippen LogP contribution is 2.33. The minimum Gasteiger partial charge on any atom is -0.356 e. The second-order valence-corrected chi connectivity index (χ2v) is 7.50. The van der Waals surface area contributed by atoms with Crippen LogP contribution in [0.5, 0.6) is 0 Å². The van der Waals surface area contributed by atoms with Gasteiger partial charge in [0.2, 0.25) is 0 Å². The number of pyridine rings is 1. The Labute approximate surface area is 178 Å². The molecule has 3 heterocycles. The van der Waals surface area contributed by atoms with E-state index >= 15 is 0 Å². The summed E-state index contributed by atoms with van der Waals surface area (Å²) >= 11 is 0. The molecule has 1 saturated heterocycles. The fraction of sp³-hybridized carbons (Fsp3) is 0.632. The van der Waals surface area contributed by atoms with Crippen LogP contribution < -0.4 is 10.6 Å². The van der Waals surface area contributed by atoms with Gasteiger partial charge in [0.05, 0.1) is 0 Å². The Morgan fingerprint density at radius 2 is 2.15 bits per heavy atom. The number of aliphatic imine (C=N–C) groups is 1. The number of likely N-dealkylation sites (tertiary alicyclic amines) is 1. The monoisotopic (exact) mass is 483 g/mol. The third-order valence-electron chi connectivity index (χ3n) is 5.46. The zero-order chi connectivity index (χ0) is 17.9. The Bertz CT molecular complexity index is 770. The van der Waals surface area contributed by atoms with Crippen LogP contribution in [0.25, 0.3) is 5.65 Å². The molecule has 2 N–H and O–H groups in total. The van der Waals surface area contributed by atoms with Crippen molar-refractivity contribution < 1.29 is 0 Å². The zero-order valence-electron chi connectivity index (χ0n) is 16.1. The van der Waals surface area contributed by atoms with E-state index in [1.165, 1.54) is 19.3 Å². The molecule has 2 atom stereocenters. The molecule has 2 fully saturated rings. The molecule has 2 aliphatic rings. The largest absolute Gasteiger partial charge is 0.356 e. The Hall–Kier alpha value is -1.42. The third kappa shape index (κ3) is 4.90. The molecule has 4 rings (SSSR count). The molecule has 1 aliphatic carbocycles. The van der Waals surface area contributed by atoms with E-state index in [1.54, 1.807) is 0 Å². The molecule has 8 heteroatoms. The fourth-order valence-electron chi connectivity index (χ4n) is 3.98. The number of aryl methyl sites for hydroxylation is 1. The predicted octanol–water partition coefficient (Wildman–Crippen LogP) is 2.07. The summed E-state index contributed by atoms with van der Waals surface area (Å²) < 4.78 is 2.06. The van der Waals surface area contributed by atoms with Gasteiger partial charge in [-0.05, 0) is 44.7 Å². The van der Waals surface area contributed by atoms with Crippen molar-refractivity contribution in [1.29, 1.82) is 0 Å². The maximum atomic E-state index is 4.39. The van der Waals surface area contributed by atoms with Gasteiger partial charge in [-0.1, -0.05) is 6.07 Å². The molecule has 0 spiro atoms. The summed E-state index contributed by atoms with van der Waals surface area (Å²) in [5, 5.41) is 15.5. The lowest BCUT2D eigenvalue weighted by Crippen LogP contribution is -2.45. The lowest BCUT2D eigenvalue weighted by atomic mass is 10.2. The number of hydrogen-bond acceptors (Lipinski definition) is 4. The molecular weight excluding hydrogens is 453 g/mol. The number of nitrogens with zero attached hydrogens (tertiary/aromatic N) is 5. The van der Waals surface area contributed by atoms with E-state index in [0.29, 0.717) is 12.1 Å². The van der Waals surface area contributed by atoms with Gasteiger partial charge in [0, 0.05) is 50.9 Å². The standard InChI is InChI=1S/C19H29N7.HI/c1-14-12-15(13-26(14)16-8-9-16)22-19(20-2)21-10-5-7-18-24-23-17-6-3-4-11-25(17)18;/h3-4,6,11,14-16H,5,7-10,12-13H2,1-2H3,(H2,20,21,22);1H. The minimum atomic E-state index is 0. The van der Waals surface area contributed by atoms with Crippen molar-refractivity contribution in [2.75, 3.05) is 20.1 Å². The first kappa shape index (κ1) is 20.3. The van der Waals surface area contributed by atoms with Gasteiger partial charge in [-0.2, -0.15) is 0 Å². The van der Waals surface area contributed by atoms with Crippen molar-refractivity contribution in [2.24, 2.45) is 4.99 Å². The Kier molecular flexibility index (Phi) is 6.91. The molecular formula is C19H30IN7. The molecule has 0 amide bonds. The Balaban J connectivity index is 0.00000210. The van der Waals surface area contributed by atoms with Gasteiger partial charge in [-0.3, -0.25) is 14.3 Å². The summed E-state index contributed by atoms with van der Waals surface area (Å²) in [5.41, 5.74) is 0.906. The van der Waals surface area contributed by atoms with Gasteiger partial charge in [0.1, 0.15) is 5.82 Å². The third-order valence-corrected chi connectivity index (χ3v) is 5.46. The summed E-state index contributed by atoms with van der Waals surface area (Å²) in [7, 11) is 1.85. The predicted molar refractivity (Wildman–Crippen MR) is 119 cm³/mol. The first-order valence-corrected chi connectivity index (χ1v) is 9.76. The number of aromatic nitrogens is 3. The van der Waals surface area contributed by atoms with Crippen LogP contribution in [0.4, 0.5) is 0 Å². The van der Waals surface area contributed by atoms with Gasteiger partial charge >= 0.3 is 0 Å². The average molecular weight is 483 g/mol. The number of nitrogens with one attached hydrogen (secondary N) is 2. The van der Waals surface area contributed by atoms with E-state index in [-0.39, 0.29) is 24.0 Å². The van der Waals surface area contributed by atoms with Crippen LogP contribution in [0.15, 0.2) is 29.4 Å². The number of fused-ring (bicyclic) bond motifs is 1. The maximum Gasteiger partial charge on any atom is 0.191 e. The van der Waals surface area contributed by atoms with Crippen molar-refractivity contribution in [3.05, 3.63) is 30.2 Å². The highest BCUT2D eigenvalue weighted by molar-refractivity contribution is 14.0. The Morgan fingerprint density at radius 3 is 2.93 bits per heavy atom. The zero-order valence-corrected chi connectivity index (χ0v) is 18.5. The highest BCUT2D eigenvalue weighted by Gasteiger charge is 2.38. The number of guanidine groups is 1. The van der Waals surface area contributed by atoms with Crippen LogP contribution in [0, 0.1) is 0 Å². The molecule has 148 valence electrons. The molecule has 0 bridgehead atoms. The van der Waals surface area contributed by atoms with Gasteiger partial charge in [0.25, 0.3) is 0 Å². The lowest BCUT2D eigenvalue weighted by Gasteiger charge is -2.20. The first-order chi connectivity index (χ1) is 12.7. The van der Waals surface area contributed by atoms with E-state index < -0.39 is 0 Å². The van der Waals surface area contributed by atoms with Crippen LogP contribution in [0.1, 0.15) is 38.4 Å². The van der Waals surface area contributed by atoms with E-state index in [1.807, 2.05) is 31.4 Å². The first-order valence-electron chi connectivity index (χ1n) is 9.76. The lowest BCUT2D eigenvalue weighted by molar-refractivity contribution is 0.256. The topological polar surface area (TPSA) is 69.8 Å². The van der Waals surface area contributed by atoms with E-state index in [0.717, 1.165) is 49.4 Å². The van der Waals surface area contributed by atoms with Crippen LogP contribution in [0.2, 0.25) is 0 Å². The summed E-state index contributed by atoms with van der Waals surface area (Å²) in [5.74, 6) is 1.92. The normalized spacial score (nSPS) is 23.4. The van der Waals surface area contributed by atoms with Gasteiger partial charge < -0.3 is 10.6 Å². The molecule has 27 heavy (non-hydrogen) atoms. The molecule has 1 aliphatic heterocycles. The summed E-state index contributed by atoms with van der Waals surface area (Å²) in [4.78, 5) is 7.04. The second kappa shape index (κ2) is 9.18. The second-order valence-electron chi connectivity index (χ2n) is 7.50. The number of rotatable bonds is 6. The van der Waals surface area contributed by atoms with Crippen molar-refractivity contribution in [1.82, 2.24) is 30.1 Å². The van der Waals surface area contributed by atoms with Crippen molar-refractivity contribution in [3.63, 3.8) is 0 Å². The fourth-order valence-corrected chi connectivity index (χ4v) is 3.98. The van der Waals surface area contributed by atoms with Crippen molar-refractivity contribution in [2.45, 2.75) is 57.2 Å². The van der Waals surface area contributed by atoms with Crippen LogP contribution >= 0.6 is 24.0 Å². The summed E-state index contributed by atoms with van der Waals surface area (Å²) in [6, 6.07) is 7.99. The van der Waals surface area contributed by atoms with Crippen molar-refractivity contribution in [3.8, 4) is 0 Å². The molecule has 0 radical (unpaired) electrons. The van der Waals surface area contributed by atoms with E-state index in [4.69, 9.17) is 0 Å². The van der Waals surface area contributed by atoms with Crippen LogP contribution in [0.3, 0.4) is 0 Å². The highest BCUT2D eigenvalue weighted by atomic mass is 127. The molecule has 7 nitrogen and oxygen atoms in total. The quantitative estimate of drug-likeness (QED) is 0.285. The SMILES string of the molecule is CN=C(NCCCc1nnc2ccccn12)NC1CC(C)N(C2CC2)C1.I. The van der Waals surface area contributed by atoms with Gasteiger partial charge in [0.15, 0.2) is 11.6 Å². The maximum absolute atomic E-state index is 4.39. The van der Waals surface area contributed by atoms with Crippen LogP contribution in [-0.2, 0) is 6.42 Å². The number of hydrogen-bond donors (Lipinski definition) is 2. The number of halogens is 1. The van der Waals surface area contributed by atoms with Crippen LogP contribution in [-0.4, -0.2) is 63.7 Å². The van der Waals surface area contributed by atoms with Crippen molar-refractivity contribution >= 4 is 35.6 Å². The molecule has 2 aromatic rings. The molecule has 1 saturated carbocycles. The smallest absolute Gasteiger partial charge is 0.191 e. The summed E-state index contributed by atoms with van der Waals surface area (Å²) in [6.45, 7) is 4.35. The molecule has 2 unspecified atom stereocenters. The Morgan fingerprint density at radius 1 is 1.30 bits per heavy atom. The van der Waals surface area contributed by atoms with E-state index in [2.05, 4.69) is 42.0 Å². The minimum absolute atomic E-state index is 0. The van der Waals surface area contributed by atoms with Gasteiger partial charge in [-0.15, -0.1) is 34.2 Å². The van der Waals surface area contributed by atoms with Gasteiger partial charge in [-0.25, -0.2) is 0 Å². The average Bonchev–Trinajstić information content (AvgIpc) is 3.32. The molecule has 2 aromatic heterocycles. The van der Waals surface area contributed by atoms with E-state index in [9.17, 15) is 0 Å². The molecule has 0 aromatic carbocycles.